The Bertz CT molecular complexity index is 1120. The van der Waals surface area contributed by atoms with Gasteiger partial charge in [0.15, 0.2) is 16.4 Å². The summed E-state index contributed by atoms with van der Waals surface area (Å²) in [4.78, 5) is 37.2. The number of carbonyl (C=O) groups is 3. The van der Waals surface area contributed by atoms with Crippen LogP contribution >= 0.6 is 11.3 Å². The summed E-state index contributed by atoms with van der Waals surface area (Å²) in [5.41, 5.74) is 5.98. The van der Waals surface area contributed by atoms with Gasteiger partial charge in [0.25, 0.3) is 11.8 Å². The molecular weight excluding hydrogens is 414 g/mol. The maximum absolute atomic E-state index is 12.6. The van der Waals surface area contributed by atoms with Gasteiger partial charge < -0.3 is 14.2 Å². The monoisotopic (exact) mass is 431 g/mol. The molecule has 30 heavy (non-hydrogen) atoms. The summed E-state index contributed by atoms with van der Waals surface area (Å²) in [6.45, 7) is 2.20. The zero-order valence-corrected chi connectivity index (χ0v) is 16.7. The van der Waals surface area contributed by atoms with E-state index in [9.17, 15) is 14.4 Å². The number of nitrogens with one attached hydrogen (secondary N) is 2. The van der Waals surface area contributed by atoms with Crippen LogP contribution in [0, 0.1) is 0 Å². The zero-order valence-electron chi connectivity index (χ0n) is 15.8. The van der Waals surface area contributed by atoms with Gasteiger partial charge in [-0.05, 0) is 19.1 Å². The molecule has 2 N–H and O–H groups in total. The van der Waals surface area contributed by atoms with Crippen LogP contribution in [0.1, 0.15) is 26.3 Å². The molecule has 0 saturated heterocycles. The van der Waals surface area contributed by atoms with E-state index in [2.05, 4.69) is 21.2 Å². The Morgan fingerprint density at radius 3 is 2.63 bits per heavy atom. The third kappa shape index (κ3) is 3.76. The minimum Gasteiger partial charge on any atom is -0.484 e. The van der Waals surface area contributed by atoms with E-state index >= 15 is 0 Å². The molecule has 12 heteroatoms. The van der Waals surface area contributed by atoms with Gasteiger partial charge in [0.2, 0.25) is 0 Å². The summed E-state index contributed by atoms with van der Waals surface area (Å²) in [7, 11) is 0. The molecule has 1 aromatic carbocycles. The number of para-hydroxylation sites is 1. The highest BCUT2D eigenvalue weighted by Crippen LogP contribution is 2.44. The van der Waals surface area contributed by atoms with Crippen molar-refractivity contribution in [3.8, 4) is 11.5 Å². The van der Waals surface area contributed by atoms with Crippen LogP contribution in [0.2, 0.25) is 0 Å². The molecule has 0 radical (unpaired) electrons. The number of fused-ring (bicyclic) bond motifs is 2. The molecule has 11 nitrogen and oxygen atoms in total. The first-order valence-electron chi connectivity index (χ1n) is 9.05. The van der Waals surface area contributed by atoms with E-state index < -0.39 is 17.8 Å². The van der Waals surface area contributed by atoms with Crippen molar-refractivity contribution in [3.63, 3.8) is 0 Å². The fourth-order valence-electron chi connectivity index (χ4n) is 2.82. The fourth-order valence-corrected chi connectivity index (χ4v) is 3.80. The Labute approximate surface area is 173 Å². The van der Waals surface area contributed by atoms with E-state index in [0.717, 1.165) is 11.3 Å². The molecule has 0 bridgehead atoms. The van der Waals surface area contributed by atoms with E-state index in [0.29, 0.717) is 11.0 Å². The molecule has 0 fully saturated rings. The van der Waals surface area contributed by atoms with Gasteiger partial charge in [-0.3, -0.25) is 20.4 Å². The lowest BCUT2D eigenvalue weighted by atomic mass is 10.3. The van der Waals surface area contributed by atoms with Crippen molar-refractivity contribution in [3.05, 3.63) is 34.0 Å². The van der Waals surface area contributed by atoms with Gasteiger partial charge >= 0.3 is 5.97 Å². The molecule has 0 saturated carbocycles. The molecule has 0 unspecified atom stereocenters. The Morgan fingerprint density at radius 2 is 1.87 bits per heavy atom. The third-order valence-corrected chi connectivity index (χ3v) is 5.23. The normalized spacial score (nSPS) is 12.4. The molecule has 2 amide bonds. The maximum atomic E-state index is 12.6. The van der Waals surface area contributed by atoms with Crippen LogP contribution in [-0.4, -0.2) is 52.6 Å². The van der Waals surface area contributed by atoms with Crippen LogP contribution in [-0.2, 0) is 16.1 Å². The molecule has 156 valence electrons. The van der Waals surface area contributed by atoms with Crippen molar-refractivity contribution >= 4 is 40.2 Å². The van der Waals surface area contributed by atoms with Gasteiger partial charge in [0, 0.05) is 0 Å². The summed E-state index contributed by atoms with van der Waals surface area (Å²) in [6.07, 6.45) is 0. The molecule has 1 aliphatic rings. The van der Waals surface area contributed by atoms with Crippen molar-refractivity contribution in [2.75, 3.05) is 19.8 Å². The number of hydrogen-bond donors (Lipinski definition) is 2. The predicted molar refractivity (Wildman–Crippen MR) is 104 cm³/mol. The highest BCUT2D eigenvalue weighted by molar-refractivity contribution is 7.16. The number of benzene rings is 1. The van der Waals surface area contributed by atoms with E-state index in [1.54, 1.807) is 19.1 Å². The number of amides is 2. The minimum absolute atomic E-state index is 0.0965. The summed E-state index contributed by atoms with van der Waals surface area (Å²) in [5, 5.41) is 7.90. The third-order valence-electron chi connectivity index (χ3n) is 4.10. The van der Waals surface area contributed by atoms with Gasteiger partial charge in [0.05, 0.1) is 12.1 Å². The number of nitrogens with zero attached hydrogens (tertiary/aromatic N) is 3. The lowest BCUT2D eigenvalue weighted by molar-refractivity contribution is -0.122. The number of esters is 1. The van der Waals surface area contributed by atoms with Crippen molar-refractivity contribution in [1.29, 1.82) is 0 Å². The zero-order chi connectivity index (χ0) is 21.1. The summed E-state index contributed by atoms with van der Waals surface area (Å²) < 4.78 is 17.4. The van der Waals surface area contributed by atoms with Gasteiger partial charge in [-0.2, -0.15) is 0 Å². The number of rotatable bonds is 5. The maximum Gasteiger partial charge on any atom is 0.352 e. The molecular formula is C18H17N5O6S. The van der Waals surface area contributed by atoms with Gasteiger partial charge in [-0.1, -0.05) is 17.3 Å². The highest BCUT2D eigenvalue weighted by atomic mass is 32.1. The van der Waals surface area contributed by atoms with Crippen molar-refractivity contribution < 1.29 is 28.6 Å². The van der Waals surface area contributed by atoms with Crippen LogP contribution in [0.5, 0.6) is 11.5 Å². The number of carbonyl (C=O) groups excluding carboxylic acids is 3. The molecule has 2 aromatic heterocycles. The van der Waals surface area contributed by atoms with E-state index in [1.807, 2.05) is 12.1 Å². The van der Waals surface area contributed by atoms with Gasteiger partial charge in [-0.25, -0.2) is 9.48 Å². The van der Waals surface area contributed by atoms with Crippen LogP contribution in [0.25, 0.3) is 11.0 Å². The topological polar surface area (TPSA) is 134 Å². The Balaban J connectivity index is 1.45. The first-order chi connectivity index (χ1) is 14.6. The Kier molecular flexibility index (Phi) is 5.48. The van der Waals surface area contributed by atoms with E-state index in [-0.39, 0.29) is 47.6 Å². The number of ether oxygens (including phenoxy) is 3. The van der Waals surface area contributed by atoms with Crippen molar-refractivity contribution in [2.45, 2.75) is 13.5 Å². The van der Waals surface area contributed by atoms with Crippen LogP contribution < -0.4 is 20.3 Å². The van der Waals surface area contributed by atoms with Crippen LogP contribution in [0.4, 0.5) is 0 Å². The van der Waals surface area contributed by atoms with E-state index in [1.165, 1.54) is 4.68 Å². The SMILES string of the molecule is CCOC(=O)c1sc(C(=O)NNC(=O)Cn2nnc3ccccc32)c2c1OCCO2. The van der Waals surface area contributed by atoms with E-state index in [4.69, 9.17) is 14.2 Å². The number of aromatic nitrogens is 3. The molecule has 1 aliphatic heterocycles. The average molecular weight is 431 g/mol. The second-order valence-electron chi connectivity index (χ2n) is 6.07. The molecule has 4 rings (SSSR count). The van der Waals surface area contributed by atoms with Crippen LogP contribution in [0.3, 0.4) is 0 Å². The van der Waals surface area contributed by atoms with Crippen molar-refractivity contribution in [1.82, 2.24) is 25.8 Å². The first-order valence-corrected chi connectivity index (χ1v) is 9.87. The van der Waals surface area contributed by atoms with Gasteiger partial charge in [0.1, 0.15) is 30.2 Å². The second kappa shape index (κ2) is 8.37. The molecule has 0 atom stereocenters. The molecule has 0 spiro atoms. The highest BCUT2D eigenvalue weighted by Gasteiger charge is 2.32. The Hall–Kier alpha value is -3.67. The lowest BCUT2D eigenvalue weighted by Crippen LogP contribution is -2.43. The fraction of sp³-hybridized carbons (Fsp3) is 0.278. The van der Waals surface area contributed by atoms with Crippen molar-refractivity contribution in [2.24, 2.45) is 0 Å². The molecule has 0 aliphatic carbocycles. The summed E-state index contributed by atoms with van der Waals surface area (Å²) in [6, 6.07) is 7.19. The lowest BCUT2D eigenvalue weighted by Gasteiger charge is -2.16. The summed E-state index contributed by atoms with van der Waals surface area (Å²) >= 11 is 0.875. The largest absolute Gasteiger partial charge is 0.484 e. The number of hydrazine groups is 1. The Morgan fingerprint density at radius 1 is 1.13 bits per heavy atom. The quantitative estimate of drug-likeness (QED) is 0.450. The number of hydrogen-bond acceptors (Lipinski definition) is 9. The molecule has 3 heterocycles. The standard InChI is InChI=1S/C18H17N5O6S/c1-2-27-18(26)16-14-13(28-7-8-29-14)15(30-16)17(25)21-20-12(24)9-23-11-6-4-3-5-10(11)19-22-23/h3-6H,2,7-9H2,1H3,(H,20,24)(H,21,25). The molecule has 3 aromatic rings. The minimum atomic E-state index is -0.644. The smallest absolute Gasteiger partial charge is 0.352 e. The average Bonchev–Trinajstić information content (AvgIpc) is 3.34. The second-order valence-corrected chi connectivity index (χ2v) is 7.09. The van der Waals surface area contributed by atoms with Crippen LogP contribution in [0.15, 0.2) is 24.3 Å². The number of thiophene rings is 1. The predicted octanol–water partition coefficient (Wildman–Crippen LogP) is 0.902. The van der Waals surface area contributed by atoms with Gasteiger partial charge in [-0.15, -0.1) is 16.4 Å². The first kappa shape index (κ1) is 19.6. The summed E-state index contributed by atoms with van der Waals surface area (Å²) in [5.74, 6) is -1.43.